The van der Waals surface area contributed by atoms with Crippen LogP contribution in [0.1, 0.15) is 39.5 Å². The summed E-state index contributed by atoms with van der Waals surface area (Å²) >= 11 is 0. The van der Waals surface area contributed by atoms with Gasteiger partial charge >= 0.3 is 0 Å². The lowest BCUT2D eigenvalue weighted by molar-refractivity contribution is -0.122. The number of carbonyl (C=O) groups excluding carboxylic acids is 1. The van der Waals surface area contributed by atoms with E-state index in [-0.39, 0.29) is 5.41 Å². The van der Waals surface area contributed by atoms with Gasteiger partial charge in [0.05, 0.1) is 0 Å². The predicted octanol–water partition coefficient (Wildman–Crippen LogP) is 3.20. The first-order valence-corrected chi connectivity index (χ1v) is 6.28. The largest absolute Gasteiger partial charge is 0.303 e. The van der Waals surface area contributed by atoms with Gasteiger partial charge in [-0.25, -0.2) is 0 Å². The highest BCUT2D eigenvalue weighted by Crippen LogP contribution is 2.66. The van der Waals surface area contributed by atoms with Crippen molar-refractivity contribution in [3.8, 4) is 0 Å². The van der Waals surface area contributed by atoms with Gasteiger partial charge in [0.1, 0.15) is 6.29 Å². The topological polar surface area (TPSA) is 17.1 Å². The number of hydrogen-bond acceptors (Lipinski definition) is 1. The van der Waals surface area contributed by atoms with E-state index in [9.17, 15) is 4.79 Å². The molecule has 2 saturated carbocycles. The molecule has 4 aliphatic carbocycles. The zero-order chi connectivity index (χ0) is 10.7. The molecule has 0 heterocycles. The molecule has 15 heavy (non-hydrogen) atoms. The Morgan fingerprint density at radius 2 is 2.07 bits per heavy atom. The molecule has 82 valence electrons. The summed E-state index contributed by atoms with van der Waals surface area (Å²) in [5.41, 5.74) is 0.571. The summed E-state index contributed by atoms with van der Waals surface area (Å²) in [6.07, 6.45) is 11.2. The molecule has 4 aliphatic rings. The summed E-state index contributed by atoms with van der Waals surface area (Å²) in [6, 6.07) is 0. The average Bonchev–Trinajstić information content (AvgIpc) is 2.56. The van der Waals surface area contributed by atoms with Crippen molar-refractivity contribution in [3.05, 3.63) is 12.2 Å². The van der Waals surface area contributed by atoms with Gasteiger partial charge in [-0.05, 0) is 48.3 Å². The predicted molar refractivity (Wildman–Crippen MR) is 60.4 cm³/mol. The van der Waals surface area contributed by atoms with Gasteiger partial charge in [-0.15, -0.1) is 0 Å². The van der Waals surface area contributed by atoms with Crippen LogP contribution in [0.4, 0.5) is 0 Å². The van der Waals surface area contributed by atoms with Crippen LogP contribution < -0.4 is 0 Å². The van der Waals surface area contributed by atoms with E-state index in [1.54, 1.807) is 0 Å². The van der Waals surface area contributed by atoms with Crippen molar-refractivity contribution in [1.29, 1.82) is 0 Å². The lowest BCUT2D eigenvalue weighted by Gasteiger charge is -2.55. The smallest absolute Gasteiger partial charge is 0.124 e. The van der Waals surface area contributed by atoms with Crippen LogP contribution in [0.2, 0.25) is 0 Å². The van der Waals surface area contributed by atoms with Gasteiger partial charge in [-0.3, -0.25) is 0 Å². The Morgan fingerprint density at radius 1 is 1.27 bits per heavy atom. The van der Waals surface area contributed by atoms with E-state index in [1.807, 2.05) is 0 Å². The maximum Gasteiger partial charge on any atom is 0.124 e. The van der Waals surface area contributed by atoms with E-state index in [0.29, 0.717) is 17.3 Å². The monoisotopic (exact) mass is 204 g/mol. The van der Waals surface area contributed by atoms with Gasteiger partial charge < -0.3 is 4.79 Å². The maximum atomic E-state index is 11.4. The van der Waals surface area contributed by atoms with Crippen LogP contribution in [-0.2, 0) is 4.79 Å². The third-order valence-corrected chi connectivity index (χ3v) is 5.73. The minimum atomic E-state index is 0.179. The fourth-order valence-electron chi connectivity index (χ4n) is 4.55. The van der Waals surface area contributed by atoms with Crippen LogP contribution in [0, 0.1) is 28.6 Å². The standard InChI is InChI=1S/C14H20O/c1-10-3-4-11-12(9-15)13(2)5-7-14(10,11)8-6-13/h5,7,9-12H,3-4,6,8H2,1-2H3/t10-,11+,12+,13-,14+/m0/s1. The molecule has 1 nitrogen and oxygen atoms in total. The van der Waals surface area contributed by atoms with Crippen molar-refractivity contribution in [1.82, 2.24) is 0 Å². The maximum absolute atomic E-state index is 11.4. The molecule has 4 rings (SSSR count). The Hall–Kier alpha value is -0.590. The Labute approximate surface area is 91.9 Å². The fraction of sp³-hybridized carbons (Fsp3) is 0.786. The molecule has 0 aliphatic heterocycles. The van der Waals surface area contributed by atoms with E-state index < -0.39 is 0 Å². The second-order valence-corrected chi connectivity index (χ2v) is 6.20. The van der Waals surface area contributed by atoms with Crippen LogP contribution in [-0.4, -0.2) is 6.29 Å². The molecule has 2 bridgehead atoms. The molecule has 0 aromatic carbocycles. The van der Waals surface area contributed by atoms with Crippen LogP contribution in [0.3, 0.4) is 0 Å². The molecule has 0 radical (unpaired) electrons. The van der Waals surface area contributed by atoms with Crippen LogP contribution in [0.5, 0.6) is 0 Å². The molecule has 1 spiro atoms. The third kappa shape index (κ3) is 0.971. The van der Waals surface area contributed by atoms with Crippen LogP contribution >= 0.6 is 0 Å². The summed E-state index contributed by atoms with van der Waals surface area (Å²) in [5.74, 6) is 1.72. The van der Waals surface area contributed by atoms with Gasteiger partial charge in [0.25, 0.3) is 0 Å². The summed E-state index contributed by atoms with van der Waals surface area (Å²) in [6.45, 7) is 4.65. The van der Waals surface area contributed by atoms with Crippen molar-refractivity contribution in [2.24, 2.45) is 28.6 Å². The Kier molecular flexibility index (Phi) is 1.76. The molecule has 0 amide bonds. The molecule has 0 unspecified atom stereocenters. The van der Waals surface area contributed by atoms with E-state index in [4.69, 9.17) is 0 Å². The normalized spacial score (nSPS) is 56.8. The Balaban J connectivity index is 2.11. The number of aldehydes is 1. The number of allylic oxidation sites excluding steroid dienone is 2. The van der Waals surface area contributed by atoms with Crippen molar-refractivity contribution >= 4 is 6.29 Å². The minimum Gasteiger partial charge on any atom is -0.303 e. The van der Waals surface area contributed by atoms with Crippen molar-refractivity contribution in [2.75, 3.05) is 0 Å². The van der Waals surface area contributed by atoms with Gasteiger partial charge in [0, 0.05) is 5.92 Å². The fourth-order valence-corrected chi connectivity index (χ4v) is 4.55. The van der Waals surface area contributed by atoms with Crippen molar-refractivity contribution in [2.45, 2.75) is 39.5 Å². The highest BCUT2D eigenvalue weighted by Gasteiger charge is 2.59. The van der Waals surface area contributed by atoms with Gasteiger partial charge in [-0.2, -0.15) is 0 Å². The highest BCUT2D eigenvalue weighted by atomic mass is 16.1. The van der Waals surface area contributed by atoms with E-state index in [2.05, 4.69) is 26.0 Å². The molecule has 0 saturated heterocycles. The first kappa shape index (κ1) is 9.62. The zero-order valence-electron chi connectivity index (χ0n) is 9.70. The summed E-state index contributed by atoms with van der Waals surface area (Å²) in [5, 5.41) is 0. The molecule has 1 heteroatoms. The molecule has 0 N–H and O–H groups in total. The zero-order valence-corrected chi connectivity index (χ0v) is 9.70. The van der Waals surface area contributed by atoms with Crippen molar-refractivity contribution < 1.29 is 4.79 Å². The number of fused-ring (bicyclic) bond motifs is 1. The lowest BCUT2D eigenvalue weighted by atomic mass is 9.48. The lowest BCUT2D eigenvalue weighted by Crippen LogP contribution is -2.50. The van der Waals surface area contributed by atoms with Gasteiger partial charge in [-0.1, -0.05) is 26.0 Å². The molecule has 2 fully saturated rings. The second kappa shape index (κ2) is 2.75. The third-order valence-electron chi connectivity index (χ3n) is 5.73. The summed E-state index contributed by atoms with van der Waals surface area (Å²) in [7, 11) is 0. The quantitative estimate of drug-likeness (QED) is 0.473. The SMILES string of the molecule is C[C@H]1CC[C@@H]2[C@@H](C=O)[C@@]3(C)C=C[C@]21CC3. The molecule has 0 aromatic heterocycles. The first-order valence-electron chi connectivity index (χ1n) is 6.28. The van der Waals surface area contributed by atoms with E-state index in [0.717, 1.165) is 5.92 Å². The number of hydrogen-bond donors (Lipinski definition) is 0. The Morgan fingerprint density at radius 3 is 2.67 bits per heavy atom. The molecule has 0 aromatic rings. The Bertz CT molecular complexity index is 332. The van der Waals surface area contributed by atoms with E-state index in [1.165, 1.54) is 32.0 Å². The van der Waals surface area contributed by atoms with Crippen molar-refractivity contribution in [3.63, 3.8) is 0 Å². The molecular weight excluding hydrogens is 184 g/mol. The van der Waals surface area contributed by atoms with Gasteiger partial charge in [0.15, 0.2) is 0 Å². The summed E-state index contributed by atoms with van der Waals surface area (Å²) < 4.78 is 0. The van der Waals surface area contributed by atoms with Crippen LogP contribution in [0.25, 0.3) is 0 Å². The first-order chi connectivity index (χ1) is 7.12. The second-order valence-electron chi connectivity index (χ2n) is 6.20. The average molecular weight is 204 g/mol. The highest BCUT2D eigenvalue weighted by molar-refractivity contribution is 5.59. The van der Waals surface area contributed by atoms with E-state index >= 15 is 0 Å². The summed E-state index contributed by atoms with van der Waals surface area (Å²) in [4.78, 5) is 11.4. The van der Waals surface area contributed by atoms with Crippen LogP contribution in [0.15, 0.2) is 12.2 Å². The molecule has 5 atom stereocenters. The van der Waals surface area contributed by atoms with Gasteiger partial charge in [0.2, 0.25) is 0 Å². The molecular formula is C14H20O. The number of carbonyl (C=O) groups is 1. The minimum absolute atomic E-state index is 0.179. The number of rotatable bonds is 1.